The number of allylic oxidation sites excluding steroid dienone is 21. The molecule has 1 rings (SSSR count). The monoisotopic (exact) mass is 1130 g/mol. The first kappa shape index (κ1) is 75.3. The van der Waals surface area contributed by atoms with Crippen LogP contribution in [0.2, 0.25) is 0 Å². The topological polar surface area (TPSA) is 149 Å². The first-order chi connectivity index (χ1) is 39.8. The Bertz CT molecular complexity index is 1740. The third kappa shape index (κ3) is 48.4. The molecule has 1 fully saturated rings. The Labute approximate surface area is 496 Å². The van der Waals surface area contributed by atoms with E-state index in [0.717, 1.165) is 103 Å². The molecule has 7 atom stereocenters. The Morgan fingerprint density at radius 3 is 1.19 bits per heavy atom. The molecule has 0 aliphatic carbocycles. The minimum atomic E-state index is -1.59. The first-order valence-corrected chi connectivity index (χ1v) is 32.9. The summed E-state index contributed by atoms with van der Waals surface area (Å²) in [6.07, 6.45) is 83.9. The van der Waals surface area contributed by atoms with Gasteiger partial charge in [-0.05, 0) is 109 Å². The molecule has 9 nitrogen and oxygen atoms in total. The minimum Gasteiger partial charge on any atom is -0.394 e. The number of hydrogen-bond acceptors (Lipinski definition) is 8. The van der Waals surface area contributed by atoms with Gasteiger partial charge in [0.2, 0.25) is 5.91 Å². The lowest BCUT2D eigenvalue weighted by Crippen LogP contribution is -2.60. The number of aliphatic hydroxyl groups is 5. The smallest absolute Gasteiger partial charge is 0.220 e. The quantitative estimate of drug-likeness (QED) is 0.0261. The van der Waals surface area contributed by atoms with Crippen LogP contribution in [0.5, 0.6) is 0 Å². The lowest BCUT2D eigenvalue weighted by Gasteiger charge is -2.40. The maximum Gasteiger partial charge on any atom is 0.220 e. The van der Waals surface area contributed by atoms with Crippen molar-refractivity contribution in [1.29, 1.82) is 0 Å². The number of unbranched alkanes of at least 4 members (excludes halogenated alkanes) is 25. The molecule has 0 aromatic carbocycles. The number of carbonyl (C=O) groups is 1. The minimum absolute atomic E-state index is 0.219. The molecule has 81 heavy (non-hydrogen) atoms. The highest BCUT2D eigenvalue weighted by atomic mass is 16.7. The van der Waals surface area contributed by atoms with Crippen molar-refractivity contribution in [2.75, 3.05) is 13.2 Å². The normalized spacial score (nSPS) is 19.3. The summed E-state index contributed by atoms with van der Waals surface area (Å²) in [5.74, 6) is -0.219. The number of amides is 1. The van der Waals surface area contributed by atoms with Gasteiger partial charge in [-0.2, -0.15) is 0 Å². The van der Waals surface area contributed by atoms with Gasteiger partial charge < -0.3 is 40.3 Å². The Morgan fingerprint density at radius 2 is 0.778 bits per heavy atom. The highest BCUT2D eigenvalue weighted by Crippen LogP contribution is 2.23. The Balaban J connectivity index is 2.26. The van der Waals surface area contributed by atoms with Gasteiger partial charge in [0.05, 0.1) is 25.4 Å². The van der Waals surface area contributed by atoms with Crippen LogP contribution < -0.4 is 5.32 Å². The van der Waals surface area contributed by atoms with Crippen LogP contribution in [-0.4, -0.2) is 87.5 Å². The van der Waals surface area contributed by atoms with Gasteiger partial charge in [0, 0.05) is 6.42 Å². The molecule has 1 heterocycles. The molecule has 0 bridgehead atoms. The van der Waals surface area contributed by atoms with Crippen LogP contribution in [0.1, 0.15) is 258 Å². The predicted octanol–water partition coefficient (Wildman–Crippen LogP) is 17.6. The number of carbonyl (C=O) groups excluding carboxylic acids is 1. The molecule has 1 aliphatic rings. The van der Waals surface area contributed by atoms with Crippen LogP contribution in [0.25, 0.3) is 0 Å². The summed E-state index contributed by atoms with van der Waals surface area (Å²) in [6, 6.07) is -0.855. The van der Waals surface area contributed by atoms with E-state index in [1.54, 1.807) is 6.08 Å². The van der Waals surface area contributed by atoms with Crippen LogP contribution in [0.15, 0.2) is 134 Å². The van der Waals surface area contributed by atoms with Gasteiger partial charge in [0.25, 0.3) is 0 Å². The second-order valence-corrected chi connectivity index (χ2v) is 22.2. The summed E-state index contributed by atoms with van der Waals surface area (Å²) >= 11 is 0. The van der Waals surface area contributed by atoms with Crippen LogP contribution in [0, 0.1) is 0 Å². The van der Waals surface area contributed by atoms with Gasteiger partial charge in [0.15, 0.2) is 6.29 Å². The van der Waals surface area contributed by atoms with Crippen molar-refractivity contribution >= 4 is 5.91 Å². The summed E-state index contributed by atoms with van der Waals surface area (Å²) in [4.78, 5) is 13.1. The lowest BCUT2D eigenvalue weighted by atomic mass is 9.99. The second kappa shape index (κ2) is 59.5. The van der Waals surface area contributed by atoms with Crippen LogP contribution in [0.4, 0.5) is 0 Å². The number of ether oxygens (including phenoxy) is 2. The van der Waals surface area contributed by atoms with Crippen LogP contribution in [0.3, 0.4) is 0 Å². The number of nitrogens with one attached hydrogen (secondary N) is 1. The molecule has 1 saturated heterocycles. The SMILES string of the molecule is CC/C=C\C/C=C\C/C=C\C/C=C\C/C=C\C/C=C\C/C=C\C/C=C\CCCCCCC(=O)NC(COC1OC(CO)C(O)C(O)C1O)C(O)/C=C/CC/C=C/CC/C=C/CCCCCCCCCCCCCCCCCCCCC. The zero-order valence-corrected chi connectivity index (χ0v) is 51.5. The van der Waals surface area contributed by atoms with Gasteiger partial charge in [-0.1, -0.05) is 276 Å². The molecule has 0 saturated carbocycles. The van der Waals surface area contributed by atoms with E-state index in [1.165, 1.54) is 122 Å². The molecule has 1 amide bonds. The summed E-state index contributed by atoms with van der Waals surface area (Å²) in [7, 11) is 0. The van der Waals surface area contributed by atoms with Crippen molar-refractivity contribution in [3.05, 3.63) is 134 Å². The summed E-state index contributed by atoms with van der Waals surface area (Å²) in [6.45, 7) is 3.64. The maximum absolute atomic E-state index is 13.1. The predicted molar refractivity (Wildman–Crippen MR) is 345 cm³/mol. The average molecular weight is 1130 g/mol. The molecule has 462 valence electrons. The van der Waals surface area contributed by atoms with Crippen molar-refractivity contribution in [1.82, 2.24) is 5.32 Å². The zero-order valence-electron chi connectivity index (χ0n) is 51.5. The zero-order chi connectivity index (χ0) is 58.6. The van der Waals surface area contributed by atoms with E-state index in [4.69, 9.17) is 9.47 Å². The van der Waals surface area contributed by atoms with E-state index in [-0.39, 0.29) is 12.5 Å². The fraction of sp³-hybridized carbons (Fsp3) is 0.681. The second-order valence-electron chi connectivity index (χ2n) is 22.2. The fourth-order valence-corrected chi connectivity index (χ4v) is 9.56. The highest BCUT2D eigenvalue weighted by Gasteiger charge is 2.44. The number of hydrogen-bond donors (Lipinski definition) is 6. The van der Waals surface area contributed by atoms with E-state index in [1.807, 2.05) is 6.08 Å². The molecule has 6 N–H and O–H groups in total. The molecule has 9 heteroatoms. The van der Waals surface area contributed by atoms with Gasteiger partial charge in [0.1, 0.15) is 24.4 Å². The van der Waals surface area contributed by atoms with Gasteiger partial charge in [-0.15, -0.1) is 0 Å². The van der Waals surface area contributed by atoms with Gasteiger partial charge in [-0.25, -0.2) is 0 Å². The Morgan fingerprint density at radius 1 is 0.432 bits per heavy atom. The molecule has 0 aromatic heterocycles. The van der Waals surface area contributed by atoms with Crippen LogP contribution in [-0.2, 0) is 14.3 Å². The Kier molecular flexibility index (Phi) is 55.3. The fourth-order valence-electron chi connectivity index (χ4n) is 9.56. The molecule has 7 unspecified atom stereocenters. The van der Waals surface area contributed by atoms with Crippen molar-refractivity contribution in [2.45, 2.75) is 301 Å². The molecule has 0 aromatic rings. The van der Waals surface area contributed by atoms with E-state index in [0.29, 0.717) is 19.3 Å². The van der Waals surface area contributed by atoms with E-state index >= 15 is 0 Å². The molecular formula is C72H121NO8. The molecular weight excluding hydrogens is 1010 g/mol. The third-order valence-electron chi connectivity index (χ3n) is 14.7. The van der Waals surface area contributed by atoms with Crippen molar-refractivity contribution < 1.29 is 39.8 Å². The molecule has 1 aliphatic heterocycles. The standard InChI is InChI=1S/C72H121NO8/c1-3-5-7-9-11-13-15-17-19-21-23-25-27-29-31-33-35-37-39-41-43-45-47-49-51-53-55-57-59-61-66(75)65(64-80-72-71(79)70(78)69(77)67(63-74)81-72)73-68(76)62-60-58-56-54-52-50-48-46-44-42-40-38-36-34-32-30-28-26-24-22-20-18-16-14-12-10-8-6-4-2/h6,8,12,14,18,20,24,26,30,32,36,38,42-45,48,50-51,53,59,61,65-67,69-72,74-75,77-79H,3-5,7,9-11,13,15-17,19,21-23,25,27-29,31,33-35,37,39-41,46-47,49,52,54-58,60,62-64H2,1-2H3,(H,73,76)/b8-6-,14-12-,20-18-,26-24-,32-30-,38-36-,44-42-,45-43+,50-48-,53-51+,61-59+. The average Bonchev–Trinajstić information content (AvgIpc) is 3.51. The largest absolute Gasteiger partial charge is 0.394 e. The van der Waals surface area contributed by atoms with Crippen molar-refractivity contribution in [2.24, 2.45) is 0 Å². The lowest BCUT2D eigenvalue weighted by molar-refractivity contribution is -0.302. The van der Waals surface area contributed by atoms with Gasteiger partial charge in [-0.3, -0.25) is 4.79 Å². The summed E-state index contributed by atoms with van der Waals surface area (Å²) in [5, 5.41) is 54.6. The van der Waals surface area contributed by atoms with E-state index in [9.17, 15) is 30.3 Å². The number of rotatable bonds is 55. The highest BCUT2D eigenvalue weighted by molar-refractivity contribution is 5.76. The van der Waals surface area contributed by atoms with Crippen molar-refractivity contribution in [3.63, 3.8) is 0 Å². The molecule has 0 spiro atoms. The van der Waals surface area contributed by atoms with Crippen molar-refractivity contribution in [3.8, 4) is 0 Å². The first-order valence-electron chi connectivity index (χ1n) is 32.9. The van der Waals surface area contributed by atoms with Crippen LogP contribution >= 0.6 is 0 Å². The molecule has 0 radical (unpaired) electrons. The number of aliphatic hydroxyl groups excluding tert-OH is 5. The van der Waals surface area contributed by atoms with E-state index < -0.39 is 49.5 Å². The van der Waals surface area contributed by atoms with E-state index in [2.05, 4.69) is 141 Å². The summed E-state index contributed by atoms with van der Waals surface area (Å²) in [5.41, 5.74) is 0. The third-order valence-corrected chi connectivity index (χ3v) is 14.7. The Hall–Kier alpha value is -3.67. The van der Waals surface area contributed by atoms with Gasteiger partial charge >= 0.3 is 0 Å². The maximum atomic E-state index is 13.1. The summed E-state index contributed by atoms with van der Waals surface area (Å²) < 4.78 is 11.3.